The van der Waals surface area contributed by atoms with Gasteiger partial charge < -0.3 is 20.6 Å². The highest BCUT2D eigenvalue weighted by Gasteiger charge is 2.30. The highest BCUT2D eigenvalue weighted by atomic mass is 16.3. The fourth-order valence-electron chi connectivity index (χ4n) is 3.81. The van der Waals surface area contributed by atoms with Crippen LogP contribution in [0.2, 0.25) is 0 Å². The molecule has 0 spiro atoms. The number of hydrogen-bond acceptors (Lipinski definition) is 6. The molecule has 8 nitrogen and oxygen atoms in total. The van der Waals surface area contributed by atoms with Crippen molar-refractivity contribution in [3.8, 4) is 0 Å². The molecule has 4 rings (SSSR count). The van der Waals surface area contributed by atoms with E-state index in [4.69, 9.17) is 0 Å². The Hall–Kier alpha value is -2.97. The van der Waals surface area contributed by atoms with E-state index in [1.807, 2.05) is 41.1 Å². The Morgan fingerprint density at radius 3 is 2.69 bits per heavy atom. The summed E-state index contributed by atoms with van der Waals surface area (Å²) in [7, 11) is 1.89. The summed E-state index contributed by atoms with van der Waals surface area (Å²) in [5.74, 6) is 0.417. The maximum absolute atomic E-state index is 12.4. The Morgan fingerprint density at radius 1 is 1.24 bits per heavy atom. The van der Waals surface area contributed by atoms with Crippen LogP contribution in [0, 0.1) is 0 Å². The van der Waals surface area contributed by atoms with Crippen LogP contribution in [0.4, 0.5) is 11.5 Å². The summed E-state index contributed by atoms with van der Waals surface area (Å²) in [6, 6.07) is 11.0. The van der Waals surface area contributed by atoms with Gasteiger partial charge in [0.2, 0.25) is 5.91 Å². The predicted octanol–water partition coefficient (Wildman–Crippen LogP) is 1.36. The normalized spacial score (nSPS) is 20.1. The van der Waals surface area contributed by atoms with Crippen molar-refractivity contribution in [2.75, 3.05) is 36.9 Å². The second-order valence-electron chi connectivity index (χ2n) is 7.54. The third-order valence-electron chi connectivity index (χ3n) is 5.45. The van der Waals surface area contributed by atoms with Crippen LogP contribution in [-0.4, -0.2) is 59.6 Å². The number of carbonyl (C=O) groups is 2. The number of rotatable bonds is 4. The first-order valence-electron chi connectivity index (χ1n) is 9.80. The van der Waals surface area contributed by atoms with Crippen LogP contribution < -0.4 is 15.5 Å². The average molecular weight is 395 g/mol. The number of likely N-dealkylation sites (tertiary alicyclic amines) is 1. The lowest BCUT2D eigenvalue weighted by atomic mass is 10.1. The second kappa shape index (κ2) is 8.18. The third-order valence-corrected chi connectivity index (χ3v) is 5.45. The van der Waals surface area contributed by atoms with Gasteiger partial charge in [-0.2, -0.15) is 0 Å². The standard InChI is InChI=1S/C21H25N5O3/c1-25-19(24-21(29)17-3-2-10-22-20(17)25)14-4-6-15(7-5-14)23-18(28)13-26-11-8-16(27)9-12-26/h2-7,10,16,19,27H,8-9,11-13H2,1H3,(H,23,28)(H,24,29)/t19-/m0/s1. The van der Waals surface area contributed by atoms with Crippen molar-refractivity contribution >= 4 is 23.3 Å². The molecule has 2 amide bonds. The molecule has 2 aromatic rings. The molecular weight excluding hydrogens is 370 g/mol. The van der Waals surface area contributed by atoms with Gasteiger partial charge in [-0.1, -0.05) is 12.1 Å². The molecule has 1 atom stereocenters. The van der Waals surface area contributed by atoms with E-state index >= 15 is 0 Å². The van der Waals surface area contributed by atoms with Crippen LogP contribution in [0.25, 0.3) is 0 Å². The number of pyridine rings is 1. The molecule has 0 radical (unpaired) electrons. The van der Waals surface area contributed by atoms with E-state index in [0.717, 1.165) is 18.7 Å². The molecule has 1 aromatic heterocycles. The smallest absolute Gasteiger partial charge is 0.256 e. The molecule has 2 aliphatic heterocycles. The first kappa shape index (κ1) is 19.4. The molecule has 2 aliphatic rings. The fraction of sp³-hybridized carbons (Fsp3) is 0.381. The van der Waals surface area contributed by atoms with Gasteiger partial charge in [0, 0.05) is 32.0 Å². The first-order chi connectivity index (χ1) is 14.0. The summed E-state index contributed by atoms with van der Waals surface area (Å²) in [4.78, 5) is 33.0. The highest BCUT2D eigenvalue weighted by molar-refractivity contribution is 6.01. The van der Waals surface area contributed by atoms with E-state index in [0.29, 0.717) is 36.5 Å². The van der Waals surface area contributed by atoms with Crippen molar-refractivity contribution in [2.24, 2.45) is 0 Å². The fourth-order valence-corrected chi connectivity index (χ4v) is 3.81. The van der Waals surface area contributed by atoms with Gasteiger partial charge in [0.05, 0.1) is 18.2 Å². The molecule has 3 heterocycles. The van der Waals surface area contributed by atoms with Gasteiger partial charge in [-0.3, -0.25) is 14.5 Å². The monoisotopic (exact) mass is 395 g/mol. The van der Waals surface area contributed by atoms with E-state index in [1.165, 1.54) is 0 Å². The molecule has 29 heavy (non-hydrogen) atoms. The van der Waals surface area contributed by atoms with Gasteiger partial charge in [0.15, 0.2) is 0 Å². The SMILES string of the molecule is CN1c2ncccc2C(=O)N[C@@H]1c1ccc(NC(=O)CN2CCC(O)CC2)cc1. The number of aliphatic hydroxyl groups excluding tert-OH is 1. The highest BCUT2D eigenvalue weighted by Crippen LogP contribution is 2.30. The maximum Gasteiger partial charge on any atom is 0.256 e. The third kappa shape index (κ3) is 4.23. The van der Waals surface area contributed by atoms with Gasteiger partial charge in [-0.15, -0.1) is 0 Å². The van der Waals surface area contributed by atoms with Crippen molar-refractivity contribution in [3.05, 3.63) is 53.7 Å². The number of aromatic nitrogens is 1. The summed E-state index contributed by atoms with van der Waals surface area (Å²) in [5.41, 5.74) is 2.17. The Kier molecular flexibility index (Phi) is 5.46. The van der Waals surface area contributed by atoms with Crippen molar-refractivity contribution < 1.29 is 14.7 Å². The van der Waals surface area contributed by atoms with Crippen LogP contribution in [0.1, 0.15) is 34.9 Å². The number of nitrogens with zero attached hydrogens (tertiary/aromatic N) is 3. The van der Waals surface area contributed by atoms with Crippen LogP contribution in [0.5, 0.6) is 0 Å². The number of aliphatic hydroxyl groups is 1. The number of fused-ring (bicyclic) bond motifs is 1. The van der Waals surface area contributed by atoms with Crippen LogP contribution in [-0.2, 0) is 4.79 Å². The van der Waals surface area contributed by atoms with E-state index in [9.17, 15) is 14.7 Å². The molecular formula is C21H25N5O3. The molecule has 3 N–H and O–H groups in total. The Bertz CT molecular complexity index is 893. The molecule has 152 valence electrons. The zero-order valence-corrected chi connectivity index (χ0v) is 16.3. The van der Waals surface area contributed by atoms with Crippen molar-refractivity contribution in [3.63, 3.8) is 0 Å². The van der Waals surface area contributed by atoms with Gasteiger partial charge in [0.1, 0.15) is 12.0 Å². The zero-order chi connectivity index (χ0) is 20.4. The number of carbonyl (C=O) groups excluding carboxylic acids is 2. The van der Waals surface area contributed by atoms with Crippen LogP contribution in [0.15, 0.2) is 42.6 Å². The van der Waals surface area contributed by atoms with Crippen molar-refractivity contribution in [2.45, 2.75) is 25.1 Å². The summed E-state index contributed by atoms with van der Waals surface area (Å²) >= 11 is 0. The number of anilines is 2. The van der Waals surface area contributed by atoms with Gasteiger partial charge >= 0.3 is 0 Å². The molecule has 1 fully saturated rings. The first-order valence-corrected chi connectivity index (χ1v) is 9.80. The zero-order valence-electron chi connectivity index (χ0n) is 16.3. The molecule has 0 aliphatic carbocycles. The van der Waals surface area contributed by atoms with E-state index in [2.05, 4.69) is 15.6 Å². The Labute approximate surface area is 169 Å². The lowest BCUT2D eigenvalue weighted by Gasteiger charge is -2.35. The molecule has 0 saturated carbocycles. The minimum absolute atomic E-state index is 0.0737. The van der Waals surface area contributed by atoms with E-state index < -0.39 is 0 Å². The quantitative estimate of drug-likeness (QED) is 0.723. The summed E-state index contributed by atoms with van der Waals surface area (Å²) < 4.78 is 0. The van der Waals surface area contributed by atoms with E-state index in [1.54, 1.807) is 18.3 Å². The van der Waals surface area contributed by atoms with Crippen LogP contribution >= 0.6 is 0 Å². The molecule has 0 bridgehead atoms. The molecule has 8 heteroatoms. The maximum atomic E-state index is 12.4. The summed E-state index contributed by atoms with van der Waals surface area (Å²) in [6.45, 7) is 1.78. The van der Waals surface area contributed by atoms with E-state index in [-0.39, 0.29) is 24.1 Å². The molecule has 0 unspecified atom stereocenters. The number of piperidine rings is 1. The Balaban J connectivity index is 1.39. The van der Waals surface area contributed by atoms with Gasteiger partial charge in [-0.25, -0.2) is 4.98 Å². The van der Waals surface area contributed by atoms with Gasteiger partial charge in [-0.05, 0) is 42.7 Å². The summed E-state index contributed by atoms with van der Waals surface area (Å²) in [6.07, 6.45) is 2.52. The average Bonchev–Trinajstić information content (AvgIpc) is 2.73. The lowest BCUT2D eigenvalue weighted by molar-refractivity contribution is -0.117. The minimum Gasteiger partial charge on any atom is -0.393 e. The lowest BCUT2D eigenvalue weighted by Crippen LogP contribution is -2.45. The Morgan fingerprint density at radius 2 is 1.97 bits per heavy atom. The minimum atomic E-state index is -0.325. The largest absolute Gasteiger partial charge is 0.393 e. The van der Waals surface area contributed by atoms with Crippen LogP contribution in [0.3, 0.4) is 0 Å². The predicted molar refractivity (Wildman–Crippen MR) is 110 cm³/mol. The summed E-state index contributed by atoms with van der Waals surface area (Å²) in [5, 5.41) is 15.5. The number of benzene rings is 1. The van der Waals surface area contributed by atoms with Crippen molar-refractivity contribution in [1.82, 2.24) is 15.2 Å². The topological polar surface area (TPSA) is 97.8 Å². The second-order valence-corrected chi connectivity index (χ2v) is 7.54. The van der Waals surface area contributed by atoms with Crippen molar-refractivity contribution in [1.29, 1.82) is 0 Å². The van der Waals surface area contributed by atoms with Gasteiger partial charge in [0.25, 0.3) is 5.91 Å². The number of amides is 2. The molecule has 1 aromatic carbocycles. The molecule has 1 saturated heterocycles. The number of hydrogen-bond donors (Lipinski definition) is 3. The number of nitrogens with one attached hydrogen (secondary N) is 2.